The third-order valence-electron chi connectivity index (χ3n) is 4.02. The summed E-state index contributed by atoms with van der Waals surface area (Å²) in [5.41, 5.74) is 3.24. The molecule has 0 aromatic heterocycles. The van der Waals surface area contributed by atoms with Crippen molar-refractivity contribution in [1.29, 1.82) is 0 Å². The lowest BCUT2D eigenvalue weighted by atomic mass is 10.1. The fourth-order valence-corrected chi connectivity index (χ4v) is 2.68. The molecule has 0 saturated carbocycles. The maximum absolute atomic E-state index is 12.0. The van der Waals surface area contributed by atoms with Crippen molar-refractivity contribution < 1.29 is 19.1 Å². The van der Waals surface area contributed by atoms with E-state index in [1.54, 1.807) is 24.3 Å². The summed E-state index contributed by atoms with van der Waals surface area (Å²) in [6, 6.07) is 12.4. The molecule has 0 heterocycles. The number of ether oxygens (including phenoxy) is 1. The van der Waals surface area contributed by atoms with Crippen LogP contribution < -0.4 is 10.6 Å². The summed E-state index contributed by atoms with van der Waals surface area (Å²) in [6.45, 7) is 3.43. The Bertz CT molecular complexity index is 830. The van der Waals surface area contributed by atoms with Crippen LogP contribution in [0.25, 0.3) is 0 Å². The molecule has 6 nitrogen and oxygen atoms in total. The molecule has 0 aliphatic carbocycles. The van der Waals surface area contributed by atoms with E-state index in [1.165, 1.54) is 0 Å². The van der Waals surface area contributed by atoms with Gasteiger partial charge in [0, 0.05) is 29.2 Å². The van der Waals surface area contributed by atoms with E-state index < -0.39 is 11.9 Å². The lowest BCUT2D eigenvalue weighted by Crippen LogP contribution is -2.22. The molecule has 0 radical (unpaired) electrons. The highest BCUT2D eigenvalue weighted by Crippen LogP contribution is 2.19. The zero-order valence-electron chi connectivity index (χ0n) is 15.9. The molecule has 2 amide bonds. The number of amides is 2. The average Bonchev–Trinajstić information content (AvgIpc) is 2.65. The number of carbonyl (C=O) groups excluding carboxylic acids is 3. The maximum Gasteiger partial charge on any atom is 0.306 e. The molecule has 28 heavy (non-hydrogen) atoms. The Balaban J connectivity index is 1.66. The van der Waals surface area contributed by atoms with Crippen molar-refractivity contribution in [3.05, 3.63) is 58.6 Å². The number of hydrogen-bond acceptors (Lipinski definition) is 4. The van der Waals surface area contributed by atoms with E-state index >= 15 is 0 Å². The molecule has 148 valence electrons. The van der Waals surface area contributed by atoms with E-state index in [2.05, 4.69) is 10.6 Å². The van der Waals surface area contributed by atoms with Crippen molar-refractivity contribution in [2.75, 3.05) is 17.2 Å². The molecule has 0 spiro atoms. The van der Waals surface area contributed by atoms with Crippen molar-refractivity contribution in [2.24, 2.45) is 0 Å². The number of aryl methyl sites for hydroxylation is 2. The Morgan fingerprint density at radius 3 is 2.18 bits per heavy atom. The van der Waals surface area contributed by atoms with Crippen LogP contribution in [0.1, 0.15) is 30.4 Å². The van der Waals surface area contributed by atoms with Crippen LogP contribution in [0.5, 0.6) is 0 Å². The SMILES string of the molecule is Cc1cccc(C)c1NC(=O)COC(=O)CCCC(=O)Nc1ccc(Cl)cc1. The van der Waals surface area contributed by atoms with Gasteiger partial charge in [0.15, 0.2) is 6.61 Å². The van der Waals surface area contributed by atoms with Gasteiger partial charge in [0.1, 0.15) is 0 Å². The number of benzene rings is 2. The van der Waals surface area contributed by atoms with Crippen molar-refractivity contribution in [1.82, 2.24) is 0 Å². The third kappa shape index (κ3) is 7.04. The molecule has 7 heteroatoms. The van der Waals surface area contributed by atoms with Gasteiger partial charge in [-0.1, -0.05) is 29.8 Å². The molecule has 0 aliphatic rings. The van der Waals surface area contributed by atoms with Crippen LogP contribution in [0.2, 0.25) is 5.02 Å². The van der Waals surface area contributed by atoms with E-state index in [9.17, 15) is 14.4 Å². The molecule has 0 aliphatic heterocycles. The predicted molar refractivity (Wildman–Crippen MR) is 109 cm³/mol. The highest BCUT2D eigenvalue weighted by atomic mass is 35.5. The Kier molecular flexibility index (Phi) is 8.02. The second-order valence-corrected chi connectivity index (χ2v) is 6.82. The normalized spacial score (nSPS) is 10.2. The van der Waals surface area contributed by atoms with Gasteiger partial charge in [0.25, 0.3) is 5.91 Å². The highest BCUT2D eigenvalue weighted by molar-refractivity contribution is 6.30. The Hall–Kier alpha value is -2.86. The summed E-state index contributed by atoms with van der Waals surface area (Å²) in [6.07, 6.45) is 0.563. The third-order valence-corrected chi connectivity index (χ3v) is 4.27. The van der Waals surface area contributed by atoms with Crippen LogP contribution in [0, 0.1) is 13.8 Å². The first kappa shape index (κ1) is 21.4. The minimum atomic E-state index is -0.518. The quantitative estimate of drug-likeness (QED) is 0.646. The maximum atomic E-state index is 12.0. The number of rotatable bonds is 8. The van der Waals surface area contributed by atoms with Crippen molar-refractivity contribution in [3.63, 3.8) is 0 Å². The lowest BCUT2D eigenvalue weighted by Gasteiger charge is -2.11. The summed E-state index contributed by atoms with van der Waals surface area (Å²) >= 11 is 5.79. The molecule has 2 rings (SSSR count). The predicted octanol–water partition coefficient (Wildman–Crippen LogP) is 4.25. The van der Waals surface area contributed by atoms with Crippen LogP contribution in [0.15, 0.2) is 42.5 Å². The van der Waals surface area contributed by atoms with Crippen LogP contribution in [0.3, 0.4) is 0 Å². The monoisotopic (exact) mass is 402 g/mol. The molecule has 0 unspecified atom stereocenters. The van der Waals surface area contributed by atoms with Crippen molar-refractivity contribution >= 4 is 40.8 Å². The van der Waals surface area contributed by atoms with E-state index in [0.717, 1.165) is 16.8 Å². The van der Waals surface area contributed by atoms with Crippen molar-refractivity contribution in [2.45, 2.75) is 33.1 Å². The Morgan fingerprint density at radius 2 is 1.54 bits per heavy atom. The van der Waals surface area contributed by atoms with E-state index in [4.69, 9.17) is 16.3 Å². The summed E-state index contributed by atoms with van der Waals surface area (Å²) < 4.78 is 4.97. The first-order chi connectivity index (χ1) is 13.3. The molecule has 2 aromatic carbocycles. The van der Waals surface area contributed by atoms with Gasteiger partial charge in [-0.25, -0.2) is 0 Å². The summed E-state index contributed by atoms with van der Waals surface area (Å²) in [5, 5.41) is 6.05. The first-order valence-electron chi connectivity index (χ1n) is 8.92. The van der Waals surface area contributed by atoms with Gasteiger partial charge in [-0.15, -0.1) is 0 Å². The van der Waals surface area contributed by atoms with Gasteiger partial charge in [-0.05, 0) is 55.7 Å². The van der Waals surface area contributed by atoms with Gasteiger partial charge >= 0.3 is 5.97 Å². The van der Waals surface area contributed by atoms with Crippen LogP contribution in [-0.4, -0.2) is 24.4 Å². The minimum absolute atomic E-state index is 0.0602. The molecular weight excluding hydrogens is 380 g/mol. The molecule has 2 N–H and O–H groups in total. The van der Waals surface area contributed by atoms with E-state index in [1.807, 2.05) is 32.0 Å². The molecule has 0 saturated heterocycles. The second kappa shape index (κ2) is 10.5. The average molecular weight is 403 g/mol. The summed E-state index contributed by atoms with van der Waals surface area (Å²) in [7, 11) is 0. The molecule has 2 aromatic rings. The number of nitrogens with one attached hydrogen (secondary N) is 2. The van der Waals surface area contributed by atoms with E-state index in [-0.39, 0.29) is 25.4 Å². The lowest BCUT2D eigenvalue weighted by molar-refractivity contribution is -0.147. The Labute approximate surface area is 169 Å². The number of para-hydroxylation sites is 1. The molecule has 0 fully saturated rings. The van der Waals surface area contributed by atoms with Gasteiger partial charge in [0.05, 0.1) is 0 Å². The number of esters is 1. The topological polar surface area (TPSA) is 84.5 Å². The Morgan fingerprint density at radius 1 is 0.893 bits per heavy atom. The van der Waals surface area contributed by atoms with Gasteiger partial charge in [0.2, 0.25) is 5.91 Å². The smallest absolute Gasteiger partial charge is 0.306 e. The standard InChI is InChI=1S/C21H23ClN2O4/c1-14-5-3-6-15(2)21(14)24-19(26)13-28-20(27)8-4-7-18(25)23-17-11-9-16(22)10-12-17/h3,5-6,9-12H,4,7-8,13H2,1-2H3,(H,23,25)(H,24,26). The summed E-state index contributed by atoms with van der Waals surface area (Å²) in [5.74, 6) is -1.12. The van der Waals surface area contributed by atoms with Crippen LogP contribution in [-0.2, 0) is 19.1 Å². The largest absolute Gasteiger partial charge is 0.456 e. The molecular formula is C21H23ClN2O4. The zero-order chi connectivity index (χ0) is 20.5. The number of halogens is 1. The summed E-state index contributed by atoms with van der Waals surface area (Å²) in [4.78, 5) is 35.6. The number of carbonyl (C=O) groups is 3. The molecule has 0 atom stereocenters. The fraction of sp³-hybridized carbons (Fsp3) is 0.286. The fourth-order valence-electron chi connectivity index (χ4n) is 2.56. The second-order valence-electron chi connectivity index (χ2n) is 6.38. The highest BCUT2D eigenvalue weighted by Gasteiger charge is 2.11. The minimum Gasteiger partial charge on any atom is -0.456 e. The van der Waals surface area contributed by atoms with Crippen LogP contribution >= 0.6 is 11.6 Å². The van der Waals surface area contributed by atoms with Crippen LogP contribution in [0.4, 0.5) is 11.4 Å². The van der Waals surface area contributed by atoms with Gasteiger partial charge in [-0.2, -0.15) is 0 Å². The zero-order valence-corrected chi connectivity index (χ0v) is 16.6. The number of anilines is 2. The van der Waals surface area contributed by atoms with Gasteiger partial charge in [-0.3, -0.25) is 14.4 Å². The van der Waals surface area contributed by atoms with E-state index in [0.29, 0.717) is 17.1 Å². The number of hydrogen-bond donors (Lipinski definition) is 2. The molecule has 0 bridgehead atoms. The van der Waals surface area contributed by atoms with Crippen molar-refractivity contribution in [3.8, 4) is 0 Å². The van der Waals surface area contributed by atoms with Gasteiger partial charge < -0.3 is 15.4 Å². The first-order valence-corrected chi connectivity index (χ1v) is 9.30.